The van der Waals surface area contributed by atoms with E-state index in [1.54, 1.807) is 12.4 Å². The SMILES string of the molecule is CCN1CCC[C@@H](c2cnc(Nc3ccccn3)cn2)C1. The number of piperidine rings is 1. The van der Waals surface area contributed by atoms with E-state index in [9.17, 15) is 0 Å². The fourth-order valence-electron chi connectivity index (χ4n) is 2.77. The highest BCUT2D eigenvalue weighted by molar-refractivity contribution is 5.49. The minimum absolute atomic E-state index is 0.509. The lowest BCUT2D eigenvalue weighted by atomic mass is 9.95. The molecule has 1 fully saturated rings. The van der Waals surface area contributed by atoms with Crippen molar-refractivity contribution < 1.29 is 0 Å². The first-order valence-corrected chi connectivity index (χ1v) is 7.57. The molecular formula is C16H21N5. The fraction of sp³-hybridized carbons (Fsp3) is 0.438. The highest BCUT2D eigenvalue weighted by atomic mass is 15.1. The van der Waals surface area contributed by atoms with E-state index >= 15 is 0 Å². The molecule has 0 unspecified atom stereocenters. The summed E-state index contributed by atoms with van der Waals surface area (Å²) in [5.74, 6) is 2.03. The zero-order chi connectivity index (χ0) is 14.5. The molecule has 5 nitrogen and oxygen atoms in total. The van der Waals surface area contributed by atoms with Crippen LogP contribution in [0.3, 0.4) is 0 Å². The normalized spacial score (nSPS) is 19.4. The Kier molecular flexibility index (Phi) is 4.40. The summed E-state index contributed by atoms with van der Waals surface area (Å²) < 4.78 is 0. The van der Waals surface area contributed by atoms with Gasteiger partial charge in [-0.1, -0.05) is 13.0 Å². The minimum Gasteiger partial charge on any atom is -0.324 e. The van der Waals surface area contributed by atoms with E-state index in [4.69, 9.17) is 0 Å². The Bertz CT molecular complexity index is 555. The Morgan fingerprint density at radius 2 is 2.14 bits per heavy atom. The van der Waals surface area contributed by atoms with Crippen molar-refractivity contribution in [1.82, 2.24) is 19.9 Å². The van der Waals surface area contributed by atoms with Crippen molar-refractivity contribution >= 4 is 11.6 Å². The minimum atomic E-state index is 0.509. The Hall–Kier alpha value is -2.01. The molecule has 3 rings (SSSR count). The lowest BCUT2D eigenvalue weighted by molar-refractivity contribution is 0.216. The van der Waals surface area contributed by atoms with Crippen LogP contribution in [0, 0.1) is 0 Å². The highest BCUT2D eigenvalue weighted by Crippen LogP contribution is 2.25. The van der Waals surface area contributed by atoms with Crippen LogP contribution in [0.4, 0.5) is 11.6 Å². The molecule has 2 aromatic heterocycles. The summed E-state index contributed by atoms with van der Waals surface area (Å²) in [5, 5.41) is 3.16. The molecule has 0 radical (unpaired) electrons. The van der Waals surface area contributed by atoms with Crippen LogP contribution in [0.15, 0.2) is 36.8 Å². The number of likely N-dealkylation sites (N-methyl/N-ethyl adjacent to an activating group) is 1. The van der Waals surface area contributed by atoms with Crippen LogP contribution in [0.25, 0.3) is 0 Å². The smallest absolute Gasteiger partial charge is 0.150 e. The first-order valence-electron chi connectivity index (χ1n) is 7.57. The van der Waals surface area contributed by atoms with Gasteiger partial charge in [0, 0.05) is 18.7 Å². The van der Waals surface area contributed by atoms with Gasteiger partial charge in [0.05, 0.1) is 18.1 Å². The van der Waals surface area contributed by atoms with Gasteiger partial charge in [-0.15, -0.1) is 0 Å². The largest absolute Gasteiger partial charge is 0.324 e. The second-order valence-electron chi connectivity index (χ2n) is 5.40. The van der Waals surface area contributed by atoms with Crippen molar-refractivity contribution in [2.45, 2.75) is 25.7 Å². The highest BCUT2D eigenvalue weighted by Gasteiger charge is 2.21. The number of likely N-dealkylation sites (tertiary alicyclic amines) is 1. The number of nitrogens with zero attached hydrogens (tertiary/aromatic N) is 4. The molecule has 1 saturated heterocycles. The average Bonchev–Trinajstić information content (AvgIpc) is 2.56. The van der Waals surface area contributed by atoms with Crippen LogP contribution in [0.5, 0.6) is 0 Å². The lowest BCUT2D eigenvalue weighted by Crippen LogP contribution is -2.34. The molecule has 0 aliphatic carbocycles. The van der Waals surface area contributed by atoms with Gasteiger partial charge in [-0.3, -0.25) is 4.98 Å². The van der Waals surface area contributed by atoms with E-state index in [-0.39, 0.29) is 0 Å². The van der Waals surface area contributed by atoms with E-state index < -0.39 is 0 Å². The van der Waals surface area contributed by atoms with E-state index in [2.05, 4.69) is 32.1 Å². The number of pyridine rings is 1. The first-order chi connectivity index (χ1) is 10.3. The molecule has 1 aliphatic heterocycles. The molecule has 0 spiro atoms. The third-order valence-corrected chi connectivity index (χ3v) is 3.96. The zero-order valence-corrected chi connectivity index (χ0v) is 12.4. The number of hydrogen-bond donors (Lipinski definition) is 1. The Morgan fingerprint density at radius 1 is 1.19 bits per heavy atom. The predicted molar refractivity (Wildman–Crippen MR) is 83.6 cm³/mol. The monoisotopic (exact) mass is 283 g/mol. The standard InChI is InChI=1S/C16H21N5/c1-2-21-9-5-6-13(12-21)14-10-19-16(11-18-14)20-15-7-3-4-8-17-15/h3-4,7-8,10-11,13H,2,5-6,9,12H2,1H3,(H,17,19,20)/t13-/m1/s1. The van der Waals surface area contributed by atoms with Gasteiger partial charge in [-0.05, 0) is 38.1 Å². The molecule has 1 atom stereocenters. The van der Waals surface area contributed by atoms with Gasteiger partial charge < -0.3 is 10.2 Å². The maximum atomic E-state index is 4.59. The van der Waals surface area contributed by atoms with Crippen molar-refractivity contribution in [3.05, 3.63) is 42.5 Å². The van der Waals surface area contributed by atoms with Crippen LogP contribution in [0.1, 0.15) is 31.4 Å². The average molecular weight is 283 g/mol. The summed E-state index contributed by atoms with van der Waals surface area (Å²) in [6.45, 7) is 5.63. The van der Waals surface area contributed by atoms with Crippen LogP contribution >= 0.6 is 0 Å². The molecular weight excluding hydrogens is 262 g/mol. The van der Waals surface area contributed by atoms with Crippen molar-refractivity contribution in [3.8, 4) is 0 Å². The number of anilines is 2. The van der Waals surface area contributed by atoms with Crippen molar-refractivity contribution in [2.75, 3.05) is 25.0 Å². The lowest BCUT2D eigenvalue weighted by Gasteiger charge is -2.31. The number of nitrogens with one attached hydrogen (secondary N) is 1. The molecule has 0 aromatic carbocycles. The van der Waals surface area contributed by atoms with Gasteiger partial charge in [-0.25, -0.2) is 9.97 Å². The second-order valence-corrected chi connectivity index (χ2v) is 5.40. The van der Waals surface area contributed by atoms with E-state index in [1.807, 2.05) is 24.4 Å². The van der Waals surface area contributed by atoms with Crippen LogP contribution in [-0.2, 0) is 0 Å². The Labute approximate surface area is 125 Å². The first kappa shape index (κ1) is 13.9. The van der Waals surface area contributed by atoms with Gasteiger partial charge >= 0.3 is 0 Å². The van der Waals surface area contributed by atoms with Crippen molar-refractivity contribution in [1.29, 1.82) is 0 Å². The molecule has 1 N–H and O–H groups in total. The third-order valence-electron chi connectivity index (χ3n) is 3.96. The third kappa shape index (κ3) is 3.55. The Balaban J connectivity index is 1.66. The molecule has 0 amide bonds. The van der Waals surface area contributed by atoms with Gasteiger partial charge in [0.15, 0.2) is 0 Å². The number of aromatic nitrogens is 3. The van der Waals surface area contributed by atoms with Gasteiger partial charge in [0.2, 0.25) is 0 Å². The number of hydrogen-bond acceptors (Lipinski definition) is 5. The molecule has 5 heteroatoms. The summed E-state index contributed by atoms with van der Waals surface area (Å²) in [6.07, 6.45) is 7.90. The van der Waals surface area contributed by atoms with Crippen LogP contribution in [-0.4, -0.2) is 39.5 Å². The Morgan fingerprint density at radius 3 is 2.86 bits per heavy atom. The van der Waals surface area contributed by atoms with Gasteiger partial charge in [-0.2, -0.15) is 0 Å². The molecule has 3 heterocycles. The summed E-state index contributed by atoms with van der Waals surface area (Å²) in [6, 6.07) is 5.75. The molecule has 0 bridgehead atoms. The van der Waals surface area contributed by atoms with Gasteiger partial charge in [0.25, 0.3) is 0 Å². The van der Waals surface area contributed by atoms with Crippen molar-refractivity contribution in [2.24, 2.45) is 0 Å². The van der Waals surface area contributed by atoms with E-state index in [0.717, 1.165) is 30.4 Å². The number of rotatable bonds is 4. The maximum absolute atomic E-state index is 4.59. The zero-order valence-electron chi connectivity index (χ0n) is 12.4. The topological polar surface area (TPSA) is 53.9 Å². The molecule has 0 saturated carbocycles. The maximum Gasteiger partial charge on any atom is 0.150 e. The second kappa shape index (κ2) is 6.63. The molecule has 1 aliphatic rings. The quantitative estimate of drug-likeness (QED) is 0.935. The predicted octanol–water partition coefficient (Wildman–Crippen LogP) is 2.81. The van der Waals surface area contributed by atoms with Crippen LogP contribution < -0.4 is 5.32 Å². The fourth-order valence-corrected chi connectivity index (χ4v) is 2.77. The molecule has 21 heavy (non-hydrogen) atoms. The summed E-state index contributed by atoms with van der Waals surface area (Å²) >= 11 is 0. The van der Waals surface area contributed by atoms with Crippen LogP contribution in [0.2, 0.25) is 0 Å². The van der Waals surface area contributed by atoms with Gasteiger partial charge in [0.1, 0.15) is 11.6 Å². The summed E-state index contributed by atoms with van der Waals surface area (Å²) in [4.78, 5) is 15.8. The van der Waals surface area contributed by atoms with Crippen molar-refractivity contribution in [3.63, 3.8) is 0 Å². The van der Waals surface area contributed by atoms with E-state index in [0.29, 0.717) is 5.92 Å². The summed E-state index contributed by atoms with van der Waals surface area (Å²) in [5.41, 5.74) is 1.10. The summed E-state index contributed by atoms with van der Waals surface area (Å²) in [7, 11) is 0. The van der Waals surface area contributed by atoms with E-state index in [1.165, 1.54) is 19.4 Å². The molecule has 110 valence electrons. The molecule has 2 aromatic rings.